The number of ketones is 2. The van der Waals surface area contributed by atoms with E-state index >= 15 is 0 Å². The Bertz CT molecular complexity index is 577. The molecule has 0 aliphatic rings. The molecule has 0 spiro atoms. The smallest absolute Gasteiger partial charge is 0.145 e. The highest BCUT2D eigenvalue weighted by molar-refractivity contribution is 8.01. The molecule has 0 bridgehead atoms. The number of hydrogen-bond acceptors (Lipinski definition) is 11. The Kier molecular flexibility index (Phi) is 29.4. The van der Waals surface area contributed by atoms with E-state index in [1.165, 1.54) is 0 Å². The van der Waals surface area contributed by atoms with Gasteiger partial charge in [0.05, 0.1) is 104 Å². The molecule has 0 rings (SSSR count). The summed E-state index contributed by atoms with van der Waals surface area (Å²) in [4.78, 5) is 23.4. The normalized spacial score (nSPS) is 12.5. The van der Waals surface area contributed by atoms with Crippen LogP contribution in [0.3, 0.4) is 0 Å². The Labute approximate surface area is 246 Å². The van der Waals surface area contributed by atoms with Gasteiger partial charge < -0.3 is 37.9 Å². The second kappa shape index (κ2) is 29.8. The Morgan fingerprint density at radius 3 is 1.10 bits per heavy atom. The number of carbonyl (C=O) groups excluding carboxylic acids is 2. The molecule has 11 heteroatoms. The molecule has 0 aliphatic carbocycles. The van der Waals surface area contributed by atoms with E-state index in [1.54, 1.807) is 11.8 Å². The molecular formula is C29H56O10S. The lowest BCUT2D eigenvalue weighted by Gasteiger charge is -2.12. The highest BCUT2D eigenvalue weighted by Gasteiger charge is 2.14. The third kappa shape index (κ3) is 28.9. The van der Waals surface area contributed by atoms with Crippen LogP contribution in [0.1, 0.15) is 53.9 Å². The summed E-state index contributed by atoms with van der Waals surface area (Å²) in [5.74, 6) is 0.575. The molecule has 1 atom stereocenters. The summed E-state index contributed by atoms with van der Waals surface area (Å²) in [6, 6.07) is 0. The first-order valence-corrected chi connectivity index (χ1v) is 15.6. The highest BCUT2D eigenvalue weighted by Crippen LogP contribution is 2.18. The zero-order valence-electron chi connectivity index (χ0n) is 25.7. The van der Waals surface area contributed by atoms with Crippen LogP contribution in [-0.2, 0) is 47.5 Å². The summed E-state index contributed by atoms with van der Waals surface area (Å²) in [6.45, 7) is 18.0. The molecule has 0 aromatic heterocycles. The zero-order valence-corrected chi connectivity index (χ0v) is 26.5. The third-order valence-electron chi connectivity index (χ3n) is 5.38. The topological polar surface area (TPSA) is 108 Å². The van der Waals surface area contributed by atoms with Crippen LogP contribution in [-0.4, -0.2) is 128 Å². The molecule has 0 aromatic rings. The van der Waals surface area contributed by atoms with Crippen molar-refractivity contribution < 1.29 is 47.5 Å². The lowest BCUT2D eigenvalue weighted by molar-refractivity contribution is -0.123. The van der Waals surface area contributed by atoms with Gasteiger partial charge in [-0.15, -0.1) is 11.8 Å². The monoisotopic (exact) mass is 596 g/mol. The molecule has 0 radical (unpaired) electrons. The van der Waals surface area contributed by atoms with E-state index in [1.807, 2.05) is 20.8 Å². The highest BCUT2D eigenvalue weighted by atomic mass is 32.2. The van der Waals surface area contributed by atoms with Crippen LogP contribution >= 0.6 is 11.8 Å². The Hall–Kier alpha value is -0.630. The summed E-state index contributed by atoms with van der Waals surface area (Å²) in [7, 11) is 0. The Morgan fingerprint density at radius 1 is 0.450 bits per heavy atom. The molecule has 0 fully saturated rings. The third-order valence-corrected chi connectivity index (χ3v) is 6.60. The van der Waals surface area contributed by atoms with Gasteiger partial charge in [-0.3, -0.25) is 9.59 Å². The average Bonchev–Trinajstić information content (AvgIpc) is 2.91. The number of Topliss-reactive ketones (excluding diaryl/α,β-unsaturated/α-hetero) is 2. The second-order valence-corrected chi connectivity index (χ2v) is 11.6. The summed E-state index contributed by atoms with van der Waals surface area (Å²) in [5, 5.41) is 0.526. The standard InChI is InChI=1S/C29H56O10S/c1-25(2)28(30)8-10-33-12-14-35-16-18-37-20-22-39-24-23-38-21-19-36-17-15-34-13-11-32-9-6-7-29(31)27(5)40-26(3)4/h25-27H,6-24H2,1-5H3. The second-order valence-electron chi connectivity index (χ2n) is 9.67. The first kappa shape index (κ1) is 39.4. The minimum Gasteiger partial charge on any atom is -0.379 e. The molecule has 0 saturated heterocycles. The maximum absolute atomic E-state index is 12.0. The molecule has 0 amide bonds. The van der Waals surface area contributed by atoms with Crippen LogP contribution in [0, 0.1) is 5.92 Å². The Balaban J connectivity index is 3.16. The van der Waals surface area contributed by atoms with Crippen LogP contribution in [0.25, 0.3) is 0 Å². The van der Waals surface area contributed by atoms with Crippen molar-refractivity contribution in [3.8, 4) is 0 Å². The predicted octanol–water partition coefficient (Wildman–Crippen LogP) is 3.61. The fourth-order valence-electron chi connectivity index (χ4n) is 3.14. The molecule has 238 valence electrons. The fraction of sp³-hybridized carbons (Fsp3) is 0.931. The molecule has 0 heterocycles. The average molecular weight is 597 g/mol. The van der Waals surface area contributed by atoms with E-state index in [-0.39, 0.29) is 17.0 Å². The summed E-state index contributed by atoms with van der Waals surface area (Å²) in [6.07, 6.45) is 1.77. The first-order valence-electron chi connectivity index (χ1n) is 14.7. The predicted molar refractivity (Wildman–Crippen MR) is 157 cm³/mol. The quantitative estimate of drug-likeness (QED) is 0.106. The van der Waals surface area contributed by atoms with Crippen molar-refractivity contribution in [1.29, 1.82) is 0 Å². The fourth-order valence-corrected chi connectivity index (χ4v) is 4.22. The van der Waals surface area contributed by atoms with E-state index in [2.05, 4.69) is 13.8 Å². The number of carbonyl (C=O) groups is 2. The van der Waals surface area contributed by atoms with Crippen molar-refractivity contribution in [1.82, 2.24) is 0 Å². The van der Waals surface area contributed by atoms with Gasteiger partial charge in [-0.1, -0.05) is 27.7 Å². The summed E-state index contributed by atoms with van der Waals surface area (Å²) >= 11 is 1.71. The van der Waals surface area contributed by atoms with E-state index in [4.69, 9.17) is 37.9 Å². The van der Waals surface area contributed by atoms with Crippen molar-refractivity contribution in [2.75, 3.05) is 106 Å². The summed E-state index contributed by atoms with van der Waals surface area (Å²) in [5.41, 5.74) is 0. The summed E-state index contributed by atoms with van der Waals surface area (Å²) < 4.78 is 43.6. The van der Waals surface area contributed by atoms with E-state index in [0.717, 1.165) is 6.42 Å². The SMILES string of the molecule is CC(C)SC(C)C(=O)CCCOCCOCCOCCOCCOCCOCCOCCOCCC(=O)C(C)C. The van der Waals surface area contributed by atoms with E-state index in [0.29, 0.717) is 130 Å². The van der Waals surface area contributed by atoms with Crippen LogP contribution < -0.4 is 0 Å². The molecule has 10 nitrogen and oxygen atoms in total. The maximum Gasteiger partial charge on any atom is 0.145 e. The van der Waals surface area contributed by atoms with Crippen LogP contribution in [0.2, 0.25) is 0 Å². The van der Waals surface area contributed by atoms with Gasteiger partial charge in [0.2, 0.25) is 0 Å². The van der Waals surface area contributed by atoms with Crippen LogP contribution in [0.5, 0.6) is 0 Å². The van der Waals surface area contributed by atoms with Gasteiger partial charge in [0.25, 0.3) is 0 Å². The van der Waals surface area contributed by atoms with Gasteiger partial charge >= 0.3 is 0 Å². The molecule has 1 unspecified atom stereocenters. The van der Waals surface area contributed by atoms with E-state index < -0.39 is 0 Å². The lowest BCUT2D eigenvalue weighted by atomic mass is 10.1. The van der Waals surface area contributed by atoms with Crippen LogP contribution in [0.4, 0.5) is 0 Å². The van der Waals surface area contributed by atoms with Gasteiger partial charge in [0, 0.05) is 25.4 Å². The van der Waals surface area contributed by atoms with Gasteiger partial charge in [-0.25, -0.2) is 0 Å². The number of ether oxygens (including phenoxy) is 8. The minimum absolute atomic E-state index is 0.0577. The van der Waals surface area contributed by atoms with E-state index in [9.17, 15) is 9.59 Å². The number of hydrogen-bond donors (Lipinski definition) is 0. The van der Waals surface area contributed by atoms with Crippen molar-refractivity contribution in [3.63, 3.8) is 0 Å². The molecular weight excluding hydrogens is 540 g/mol. The van der Waals surface area contributed by atoms with Crippen molar-refractivity contribution in [2.45, 2.75) is 64.4 Å². The van der Waals surface area contributed by atoms with Crippen LogP contribution in [0.15, 0.2) is 0 Å². The zero-order chi connectivity index (χ0) is 29.7. The van der Waals surface area contributed by atoms with Crippen molar-refractivity contribution >= 4 is 23.3 Å². The molecule has 0 aromatic carbocycles. The van der Waals surface area contributed by atoms with Gasteiger partial charge in [-0.05, 0) is 18.6 Å². The lowest BCUT2D eigenvalue weighted by Crippen LogP contribution is -2.16. The van der Waals surface area contributed by atoms with Gasteiger partial charge in [0.1, 0.15) is 11.6 Å². The molecule has 40 heavy (non-hydrogen) atoms. The molecule has 0 N–H and O–H groups in total. The van der Waals surface area contributed by atoms with Gasteiger partial charge in [0.15, 0.2) is 0 Å². The Morgan fingerprint density at radius 2 is 0.775 bits per heavy atom. The first-order chi connectivity index (χ1) is 19.3. The van der Waals surface area contributed by atoms with Crippen molar-refractivity contribution in [2.24, 2.45) is 5.92 Å². The molecule has 0 aliphatic heterocycles. The largest absolute Gasteiger partial charge is 0.379 e. The molecule has 0 saturated carbocycles. The number of rotatable bonds is 32. The van der Waals surface area contributed by atoms with Gasteiger partial charge in [-0.2, -0.15) is 0 Å². The van der Waals surface area contributed by atoms with Crippen molar-refractivity contribution in [3.05, 3.63) is 0 Å². The maximum atomic E-state index is 12.0. The number of thioether (sulfide) groups is 1. The minimum atomic E-state index is 0.0577.